The molecule has 1 nitrogen and oxygen atoms in total. The molecule has 0 atom stereocenters. The predicted octanol–water partition coefficient (Wildman–Crippen LogP) is 2.67. The first kappa shape index (κ1) is 8.07. The molecule has 0 unspecified atom stereocenters. The Morgan fingerprint density at radius 2 is 1.91 bits per heavy atom. The molecule has 0 heterocycles. The molecule has 0 radical (unpaired) electrons. The second kappa shape index (κ2) is 2.92. The average molecular weight is 147 g/mol. The Bertz CT molecular complexity index is 216. The maximum absolute atomic E-state index is 8.96. The van der Waals surface area contributed by atoms with Crippen molar-refractivity contribution in [3.05, 3.63) is 24.3 Å². The maximum atomic E-state index is 8.96. The fourth-order valence-corrected chi connectivity index (χ4v) is 1.25. The van der Waals surface area contributed by atoms with Gasteiger partial charge in [0.25, 0.3) is 0 Å². The number of nitriles is 1. The Hall–Kier alpha value is -1.03. The molecule has 0 bridgehead atoms. The van der Waals surface area contributed by atoms with Crippen molar-refractivity contribution < 1.29 is 0 Å². The molecule has 1 heteroatoms. The third-order valence-electron chi connectivity index (χ3n) is 2.21. The fourth-order valence-electron chi connectivity index (χ4n) is 1.25. The predicted molar refractivity (Wildman–Crippen MR) is 45.8 cm³/mol. The molecule has 0 N–H and O–H groups in total. The highest BCUT2D eigenvalue weighted by Gasteiger charge is 2.28. The van der Waals surface area contributed by atoms with E-state index in [0.29, 0.717) is 5.92 Å². The lowest BCUT2D eigenvalue weighted by Crippen LogP contribution is -2.21. The largest absolute Gasteiger partial charge is 0.197 e. The van der Waals surface area contributed by atoms with E-state index in [9.17, 15) is 0 Å². The van der Waals surface area contributed by atoms with Crippen molar-refractivity contribution in [1.82, 2.24) is 0 Å². The standard InChI is InChI=1S/C10H13N/c1-9(2)10(8-11)6-4-3-5-7-10/h4-7,9H,3H2,1-2H3. The molecule has 0 aromatic carbocycles. The first-order valence-corrected chi connectivity index (χ1v) is 3.98. The second-order valence-electron chi connectivity index (χ2n) is 3.24. The Kier molecular flexibility index (Phi) is 2.14. The van der Waals surface area contributed by atoms with Crippen molar-refractivity contribution in [2.75, 3.05) is 0 Å². The van der Waals surface area contributed by atoms with Crippen molar-refractivity contribution in [3.63, 3.8) is 0 Å². The third kappa shape index (κ3) is 1.35. The number of nitrogens with zero attached hydrogens (tertiary/aromatic N) is 1. The average Bonchev–Trinajstić information content (AvgIpc) is 2.05. The minimum atomic E-state index is -0.335. The summed E-state index contributed by atoms with van der Waals surface area (Å²) < 4.78 is 0. The van der Waals surface area contributed by atoms with Gasteiger partial charge >= 0.3 is 0 Å². The minimum Gasteiger partial charge on any atom is -0.197 e. The van der Waals surface area contributed by atoms with Crippen molar-refractivity contribution >= 4 is 0 Å². The van der Waals surface area contributed by atoms with E-state index in [0.717, 1.165) is 6.42 Å². The van der Waals surface area contributed by atoms with Gasteiger partial charge in [0.1, 0.15) is 0 Å². The summed E-state index contributed by atoms with van der Waals surface area (Å²) in [4.78, 5) is 0. The lowest BCUT2D eigenvalue weighted by molar-refractivity contribution is 0.440. The molecule has 0 spiro atoms. The Morgan fingerprint density at radius 1 is 1.36 bits per heavy atom. The van der Waals surface area contributed by atoms with Crippen LogP contribution in [0.15, 0.2) is 24.3 Å². The number of rotatable bonds is 1. The fraction of sp³-hybridized carbons (Fsp3) is 0.500. The van der Waals surface area contributed by atoms with Crippen LogP contribution in [-0.4, -0.2) is 0 Å². The van der Waals surface area contributed by atoms with Crippen molar-refractivity contribution in [3.8, 4) is 6.07 Å². The van der Waals surface area contributed by atoms with Gasteiger partial charge < -0.3 is 0 Å². The number of hydrogen-bond donors (Lipinski definition) is 0. The summed E-state index contributed by atoms with van der Waals surface area (Å²) in [6, 6.07) is 2.34. The van der Waals surface area contributed by atoms with E-state index in [1.807, 2.05) is 12.2 Å². The first-order chi connectivity index (χ1) is 5.21. The topological polar surface area (TPSA) is 23.8 Å². The van der Waals surface area contributed by atoms with Gasteiger partial charge in [0.05, 0.1) is 11.5 Å². The van der Waals surface area contributed by atoms with E-state index in [1.54, 1.807) is 0 Å². The van der Waals surface area contributed by atoms with E-state index in [2.05, 4.69) is 32.1 Å². The number of hydrogen-bond acceptors (Lipinski definition) is 1. The quantitative estimate of drug-likeness (QED) is 0.523. The molecule has 58 valence electrons. The summed E-state index contributed by atoms with van der Waals surface area (Å²) in [5.41, 5.74) is -0.335. The second-order valence-corrected chi connectivity index (χ2v) is 3.24. The number of allylic oxidation sites excluding steroid dienone is 4. The summed E-state index contributed by atoms with van der Waals surface area (Å²) in [7, 11) is 0. The molecule has 0 aromatic heterocycles. The van der Waals surface area contributed by atoms with Crippen LogP contribution in [0.5, 0.6) is 0 Å². The summed E-state index contributed by atoms with van der Waals surface area (Å²) >= 11 is 0. The Morgan fingerprint density at radius 3 is 2.18 bits per heavy atom. The van der Waals surface area contributed by atoms with E-state index >= 15 is 0 Å². The third-order valence-corrected chi connectivity index (χ3v) is 2.21. The van der Waals surface area contributed by atoms with Crippen molar-refractivity contribution in [1.29, 1.82) is 5.26 Å². The molecule has 0 saturated carbocycles. The van der Waals surface area contributed by atoms with Gasteiger partial charge in [-0.15, -0.1) is 0 Å². The van der Waals surface area contributed by atoms with Crippen LogP contribution in [0.2, 0.25) is 0 Å². The normalized spacial score (nSPS) is 20.2. The molecule has 0 fully saturated rings. The van der Waals surface area contributed by atoms with Crippen LogP contribution < -0.4 is 0 Å². The summed E-state index contributed by atoms with van der Waals surface area (Å²) in [5, 5.41) is 8.96. The first-order valence-electron chi connectivity index (χ1n) is 3.98. The summed E-state index contributed by atoms with van der Waals surface area (Å²) in [6.45, 7) is 4.15. The molecule has 1 aliphatic carbocycles. The van der Waals surface area contributed by atoms with E-state index in [1.165, 1.54) is 0 Å². The smallest absolute Gasteiger partial charge is 0.0956 e. The van der Waals surface area contributed by atoms with E-state index in [4.69, 9.17) is 5.26 Å². The molecule has 1 rings (SSSR count). The molecule has 11 heavy (non-hydrogen) atoms. The van der Waals surface area contributed by atoms with Crippen LogP contribution in [0, 0.1) is 22.7 Å². The van der Waals surface area contributed by atoms with Crippen LogP contribution in [0.3, 0.4) is 0 Å². The van der Waals surface area contributed by atoms with Crippen LogP contribution in [0.1, 0.15) is 20.3 Å². The zero-order valence-electron chi connectivity index (χ0n) is 7.04. The molecule has 0 aromatic rings. The SMILES string of the molecule is CC(C)C1(C#N)C=CCC=C1. The van der Waals surface area contributed by atoms with Crippen molar-refractivity contribution in [2.24, 2.45) is 11.3 Å². The summed E-state index contributed by atoms with van der Waals surface area (Å²) in [5.74, 6) is 0.361. The highest BCUT2D eigenvalue weighted by molar-refractivity contribution is 5.27. The lowest BCUT2D eigenvalue weighted by atomic mass is 9.76. The van der Waals surface area contributed by atoms with E-state index < -0.39 is 0 Å². The minimum absolute atomic E-state index is 0.335. The molecule has 0 saturated heterocycles. The Labute approximate surface area is 68.0 Å². The zero-order chi connectivity index (χ0) is 8.32. The molecular formula is C10H13N. The monoisotopic (exact) mass is 147 g/mol. The van der Waals surface area contributed by atoms with E-state index in [-0.39, 0.29) is 5.41 Å². The highest BCUT2D eigenvalue weighted by Crippen LogP contribution is 2.32. The van der Waals surface area contributed by atoms with Gasteiger partial charge in [0.2, 0.25) is 0 Å². The van der Waals surface area contributed by atoms with Gasteiger partial charge in [0.15, 0.2) is 0 Å². The van der Waals surface area contributed by atoms with Gasteiger partial charge in [-0.05, 0) is 12.3 Å². The van der Waals surface area contributed by atoms with Gasteiger partial charge in [-0.2, -0.15) is 5.26 Å². The molecule has 0 aliphatic heterocycles. The zero-order valence-corrected chi connectivity index (χ0v) is 7.04. The highest BCUT2D eigenvalue weighted by atomic mass is 14.4. The maximum Gasteiger partial charge on any atom is 0.0956 e. The molecular weight excluding hydrogens is 134 g/mol. The van der Waals surface area contributed by atoms with Crippen LogP contribution in [-0.2, 0) is 0 Å². The van der Waals surface area contributed by atoms with Crippen molar-refractivity contribution in [2.45, 2.75) is 20.3 Å². The lowest BCUT2D eigenvalue weighted by Gasteiger charge is -2.25. The Balaban J connectivity index is 2.93. The van der Waals surface area contributed by atoms with Crippen LogP contribution in [0.25, 0.3) is 0 Å². The van der Waals surface area contributed by atoms with Gasteiger partial charge in [-0.1, -0.05) is 38.2 Å². The summed E-state index contributed by atoms with van der Waals surface area (Å²) in [6.07, 6.45) is 9.11. The van der Waals surface area contributed by atoms with Gasteiger partial charge in [-0.3, -0.25) is 0 Å². The van der Waals surface area contributed by atoms with Gasteiger partial charge in [0, 0.05) is 0 Å². The van der Waals surface area contributed by atoms with Gasteiger partial charge in [-0.25, -0.2) is 0 Å². The molecule has 0 amide bonds. The molecule has 1 aliphatic rings. The van der Waals surface area contributed by atoms with Crippen LogP contribution >= 0.6 is 0 Å². The van der Waals surface area contributed by atoms with Crippen LogP contribution in [0.4, 0.5) is 0 Å².